The van der Waals surface area contributed by atoms with Crippen LogP contribution in [-0.4, -0.2) is 33.9 Å². The SMILES string of the molecule is CCCCCCCCC(CCCCCC)C(=O)OCCCCCCOS(C)(=O)=O. The van der Waals surface area contributed by atoms with Gasteiger partial charge in [0.2, 0.25) is 0 Å². The minimum Gasteiger partial charge on any atom is -0.465 e. The second-order valence-corrected chi connectivity index (χ2v) is 9.85. The van der Waals surface area contributed by atoms with Crippen molar-refractivity contribution in [2.75, 3.05) is 19.5 Å². The highest BCUT2D eigenvalue weighted by atomic mass is 32.2. The standard InChI is InChI=1S/C23H46O5S/c1-4-6-8-10-11-15-19-22(18-14-9-7-5-2)23(24)27-20-16-12-13-17-21-28-29(3,25)26/h22H,4-21H2,1-3H3. The predicted molar refractivity (Wildman–Crippen MR) is 120 cm³/mol. The maximum absolute atomic E-state index is 12.5. The molecule has 0 aromatic carbocycles. The molecule has 0 aromatic heterocycles. The molecular formula is C23H46O5S. The van der Waals surface area contributed by atoms with Gasteiger partial charge >= 0.3 is 5.97 Å². The average Bonchev–Trinajstić information content (AvgIpc) is 2.67. The molecule has 1 unspecified atom stereocenters. The topological polar surface area (TPSA) is 69.7 Å². The molecule has 0 aliphatic carbocycles. The summed E-state index contributed by atoms with van der Waals surface area (Å²) in [5, 5.41) is 0. The van der Waals surface area contributed by atoms with E-state index in [1.54, 1.807) is 0 Å². The summed E-state index contributed by atoms with van der Waals surface area (Å²) in [4.78, 5) is 12.5. The highest BCUT2D eigenvalue weighted by Crippen LogP contribution is 2.20. The summed E-state index contributed by atoms with van der Waals surface area (Å²) in [7, 11) is -3.34. The van der Waals surface area contributed by atoms with Gasteiger partial charge in [-0.3, -0.25) is 8.98 Å². The van der Waals surface area contributed by atoms with Crippen molar-refractivity contribution in [3.8, 4) is 0 Å². The van der Waals surface area contributed by atoms with Gasteiger partial charge in [0.1, 0.15) is 0 Å². The third-order valence-corrected chi connectivity index (χ3v) is 5.82. The van der Waals surface area contributed by atoms with Gasteiger partial charge in [-0.25, -0.2) is 0 Å². The number of hydrogen-bond acceptors (Lipinski definition) is 5. The van der Waals surface area contributed by atoms with Gasteiger partial charge in [0.05, 0.1) is 25.4 Å². The summed E-state index contributed by atoms with van der Waals surface area (Å²) in [6.07, 6.45) is 18.6. The van der Waals surface area contributed by atoms with Crippen LogP contribution >= 0.6 is 0 Å². The number of ether oxygens (including phenoxy) is 1. The van der Waals surface area contributed by atoms with Crippen LogP contribution in [0.5, 0.6) is 0 Å². The fraction of sp³-hybridized carbons (Fsp3) is 0.957. The minimum atomic E-state index is -3.34. The molecule has 0 aliphatic heterocycles. The van der Waals surface area contributed by atoms with Crippen LogP contribution in [0.3, 0.4) is 0 Å². The lowest BCUT2D eigenvalue weighted by atomic mass is 9.94. The van der Waals surface area contributed by atoms with Crippen molar-refractivity contribution in [3.63, 3.8) is 0 Å². The van der Waals surface area contributed by atoms with Crippen LogP contribution in [0.25, 0.3) is 0 Å². The molecule has 29 heavy (non-hydrogen) atoms. The van der Waals surface area contributed by atoms with Crippen LogP contribution in [0.15, 0.2) is 0 Å². The lowest BCUT2D eigenvalue weighted by Crippen LogP contribution is -2.18. The Morgan fingerprint density at radius 1 is 0.690 bits per heavy atom. The van der Waals surface area contributed by atoms with E-state index in [9.17, 15) is 13.2 Å². The van der Waals surface area contributed by atoms with Gasteiger partial charge in [0.25, 0.3) is 10.1 Å². The predicted octanol–water partition coefficient (Wildman–Crippen LogP) is 6.40. The molecule has 6 heteroatoms. The third kappa shape index (κ3) is 20.4. The molecule has 174 valence electrons. The minimum absolute atomic E-state index is 0.0181. The van der Waals surface area contributed by atoms with Crippen molar-refractivity contribution in [2.45, 2.75) is 117 Å². The zero-order valence-corrected chi connectivity index (χ0v) is 20.1. The largest absolute Gasteiger partial charge is 0.465 e. The van der Waals surface area contributed by atoms with E-state index in [0.29, 0.717) is 13.0 Å². The Kier molecular flexibility index (Phi) is 18.9. The maximum atomic E-state index is 12.5. The summed E-state index contributed by atoms with van der Waals surface area (Å²) in [6, 6.07) is 0. The van der Waals surface area contributed by atoms with Gasteiger partial charge in [-0.15, -0.1) is 0 Å². The summed E-state index contributed by atoms with van der Waals surface area (Å²) in [5.74, 6) is 0.0386. The first kappa shape index (κ1) is 28.4. The monoisotopic (exact) mass is 434 g/mol. The van der Waals surface area contributed by atoms with E-state index in [4.69, 9.17) is 8.92 Å². The normalized spacial score (nSPS) is 12.8. The molecule has 0 saturated carbocycles. The number of rotatable bonds is 21. The molecule has 0 N–H and O–H groups in total. The summed E-state index contributed by atoms with van der Waals surface area (Å²) in [6.45, 7) is 5.13. The Hall–Kier alpha value is -0.620. The lowest BCUT2D eigenvalue weighted by molar-refractivity contribution is -0.149. The first-order chi connectivity index (χ1) is 13.9. The Labute approximate surface area is 180 Å². The van der Waals surface area contributed by atoms with Crippen molar-refractivity contribution >= 4 is 16.1 Å². The quantitative estimate of drug-likeness (QED) is 0.119. The maximum Gasteiger partial charge on any atom is 0.308 e. The van der Waals surface area contributed by atoms with Gasteiger partial charge in [-0.1, -0.05) is 84.5 Å². The van der Waals surface area contributed by atoms with Crippen LogP contribution in [0.2, 0.25) is 0 Å². The molecule has 0 amide bonds. The van der Waals surface area contributed by atoms with E-state index < -0.39 is 10.1 Å². The highest BCUT2D eigenvalue weighted by Gasteiger charge is 2.19. The van der Waals surface area contributed by atoms with Crippen molar-refractivity contribution in [1.29, 1.82) is 0 Å². The zero-order chi connectivity index (χ0) is 21.8. The Balaban J connectivity index is 3.98. The summed E-state index contributed by atoms with van der Waals surface area (Å²) >= 11 is 0. The molecule has 0 rings (SSSR count). The molecule has 0 aromatic rings. The Morgan fingerprint density at radius 2 is 1.14 bits per heavy atom. The molecule has 0 spiro atoms. The van der Waals surface area contributed by atoms with E-state index in [0.717, 1.165) is 51.2 Å². The second-order valence-electron chi connectivity index (χ2n) is 8.21. The zero-order valence-electron chi connectivity index (χ0n) is 19.3. The van der Waals surface area contributed by atoms with Gasteiger partial charge in [0, 0.05) is 0 Å². The van der Waals surface area contributed by atoms with Crippen LogP contribution in [-0.2, 0) is 23.8 Å². The van der Waals surface area contributed by atoms with Crippen LogP contribution < -0.4 is 0 Å². The average molecular weight is 435 g/mol. The van der Waals surface area contributed by atoms with Crippen LogP contribution in [0, 0.1) is 5.92 Å². The Morgan fingerprint density at radius 3 is 1.69 bits per heavy atom. The summed E-state index contributed by atoms with van der Waals surface area (Å²) in [5.41, 5.74) is 0. The van der Waals surface area contributed by atoms with E-state index in [1.807, 2.05) is 0 Å². The number of carbonyl (C=O) groups is 1. The van der Waals surface area contributed by atoms with E-state index >= 15 is 0 Å². The molecular weight excluding hydrogens is 388 g/mol. The fourth-order valence-corrected chi connectivity index (χ4v) is 3.85. The number of hydrogen-bond donors (Lipinski definition) is 0. The summed E-state index contributed by atoms with van der Waals surface area (Å²) < 4.78 is 32.0. The molecule has 0 saturated heterocycles. The first-order valence-corrected chi connectivity index (χ1v) is 13.7. The fourth-order valence-electron chi connectivity index (χ4n) is 3.43. The van der Waals surface area contributed by atoms with Gasteiger partial charge in [0.15, 0.2) is 0 Å². The van der Waals surface area contributed by atoms with Crippen molar-refractivity contribution in [3.05, 3.63) is 0 Å². The lowest BCUT2D eigenvalue weighted by Gasteiger charge is -2.16. The van der Waals surface area contributed by atoms with Gasteiger partial charge in [-0.05, 0) is 32.1 Å². The van der Waals surface area contributed by atoms with Gasteiger partial charge in [-0.2, -0.15) is 8.42 Å². The van der Waals surface area contributed by atoms with E-state index in [-0.39, 0.29) is 18.5 Å². The first-order valence-electron chi connectivity index (χ1n) is 11.9. The number of unbranched alkanes of at least 4 members (excludes halogenated alkanes) is 11. The van der Waals surface area contributed by atoms with E-state index in [1.165, 1.54) is 51.4 Å². The molecule has 0 radical (unpaired) electrons. The Bertz CT molecular complexity index is 476. The smallest absolute Gasteiger partial charge is 0.308 e. The van der Waals surface area contributed by atoms with E-state index in [2.05, 4.69) is 13.8 Å². The van der Waals surface area contributed by atoms with Crippen molar-refractivity contribution in [2.24, 2.45) is 5.92 Å². The van der Waals surface area contributed by atoms with Crippen LogP contribution in [0.4, 0.5) is 0 Å². The molecule has 1 atom stereocenters. The number of carbonyl (C=O) groups excluding carboxylic acids is 1. The molecule has 0 aliphatic rings. The molecule has 0 heterocycles. The highest BCUT2D eigenvalue weighted by molar-refractivity contribution is 7.85. The third-order valence-electron chi connectivity index (χ3n) is 5.23. The van der Waals surface area contributed by atoms with Crippen molar-refractivity contribution < 1.29 is 22.1 Å². The van der Waals surface area contributed by atoms with Gasteiger partial charge < -0.3 is 4.74 Å². The molecule has 0 fully saturated rings. The number of esters is 1. The molecule has 5 nitrogen and oxygen atoms in total. The van der Waals surface area contributed by atoms with Crippen molar-refractivity contribution in [1.82, 2.24) is 0 Å². The molecule has 0 bridgehead atoms. The van der Waals surface area contributed by atoms with Crippen LogP contribution in [0.1, 0.15) is 117 Å². The second kappa shape index (κ2) is 19.3.